The van der Waals surface area contributed by atoms with Crippen LogP contribution < -0.4 is 0 Å². The highest BCUT2D eigenvalue weighted by atomic mass is 32.2. The summed E-state index contributed by atoms with van der Waals surface area (Å²) in [6.07, 6.45) is 0. The van der Waals surface area contributed by atoms with Crippen LogP contribution in [0.25, 0.3) is 5.69 Å². The van der Waals surface area contributed by atoms with Gasteiger partial charge in [-0.15, -0.1) is 10.2 Å². The van der Waals surface area contributed by atoms with Gasteiger partial charge in [-0.25, -0.2) is 0 Å². The third kappa shape index (κ3) is 3.82. The topological polar surface area (TPSA) is 47.8 Å². The molecule has 0 spiro atoms. The van der Waals surface area contributed by atoms with Gasteiger partial charge in [0.1, 0.15) is 5.82 Å². The van der Waals surface area contributed by atoms with Gasteiger partial charge in [-0.3, -0.25) is 9.36 Å². The van der Waals surface area contributed by atoms with Crippen LogP contribution in [0.5, 0.6) is 0 Å². The summed E-state index contributed by atoms with van der Waals surface area (Å²) in [5.74, 6) is 1.26. The first-order chi connectivity index (χ1) is 12.0. The van der Waals surface area contributed by atoms with E-state index in [2.05, 4.69) is 29.3 Å². The van der Waals surface area contributed by atoms with Gasteiger partial charge in [0.05, 0.1) is 5.75 Å². The molecule has 0 radical (unpaired) electrons. The number of hydrogen-bond donors (Lipinski definition) is 0. The maximum absolute atomic E-state index is 12.6. The molecule has 0 fully saturated rings. The molecule has 25 heavy (non-hydrogen) atoms. The first-order valence-corrected chi connectivity index (χ1v) is 9.16. The van der Waals surface area contributed by atoms with Gasteiger partial charge in [-0.05, 0) is 45.4 Å². The van der Waals surface area contributed by atoms with Crippen LogP contribution >= 0.6 is 11.8 Å². The van der Waals surface area contributed by atoms with E-state index in [1.54, 1.807) is 0 Å². The Morgan fingerprint density at radius 3 is 2.32 bits per heavy atom. The van der Waals surface area contributed by atoms with Crippen LogP contribution in [0.1, 0.15) is 32.9 Å². The molecule has 0 saturated carbocycles. The van der Waals surface area contributed by atoms with Crippen molar-refractivity contribution >= 4 is 17.5 Å². The van der Waals surface area contributed by atoms with Crippen molar-refractivity contribution < 1.29 is 4.79 Å². The van der Waals surface area contributed by atoms with Crippen LogP contribution in [0.3, 0.4) is 0 Å². The molecule has 128 valence electrons. The van der Waals surface area contributed by atoms with E-state index in [1.807, 2.05) is 55.7 Å². The minimum absolute atomic E-state index is 0.110. The summed E-state index contributed by atoms with van der Waals surface area (Å²) >= 11 is 1.42. The van der Waals surface area contributed by atoms with E-state index in [1.165, 1.54) is 17.3 Å². The smallest absolute Gasteiger partial charge is 0.196 e. The van der Waals surface area contributed by atoms with Gasteiger partial charge in [0, 0.05) is 11.3 Å². The quantitative estimate of drug-likeness (QED) is 0.502. The molecule has 5 heteroatoms. The van der Waals surface area contributed by atoms with Crippen molar-refractivity contribution in [2.75, 3.05) is 5.75 Å². The lowest BCUT2D eigenvalue weighted by atomic mass is 10.0. The molecule has 2 aromatic carbocycles. The van der Waals surface area contributed by atoms with Crippen molar-refractivity contribution in [1.29, 1.82) is 0 Å². The van der Waals surface area contributed by atoms with Crippen LogP contribution in [0.15, 0.2) is 47.6 Å². The number of ketones is 1. The van der Waals surface area contributed by atoms with Crippen LogP contribution in [0.2, 0.25) is 0 Å². The van der Waals surface area contributed by atoms with Crippen LogP contribution in [0.4, 0.5) is 0 Å². The summed E-state index contributed by atoms with van der Waals surface area (Å²) < 4.78 is 1.99. The normalized spacial score (nSPS) is 10.9. The van der Waals surface area contributed by atoms with Crippen molar-refractivity contribution in [3.63, 3.8) is 0 Å². The number of nitrogens with zero attached hydrogens (tertiary/aromatic N) is 3. The Kier molecular flexibility index (Phi) is 5.04. The average molecular weight is 351 g/mol. The van der Waals surface area contributed by atoms with E-state index in [9.17, 15) is 4.79 Å². The Morgan fingerprint density at radius 2 is 1.64 bits per heavy atom. The van der Waals surface area contributed by atoms with Crippen molar-refractivity contribution in [2.45, 2.75) is 32.9 Å². The summed E-state index contributed by atoms with van der Waals surface area (Å²) in [5.41, 5.74) is 5.16. The van der Waals surface area contributed by atoms with Crippen molar-refractivity contribution in [3.05, 3.63) is 70.5 Å². The lowest BCUT2D eigenvalue weighted by Gasteiger charge is -2.09. The van der Waals surface area contributed by atoms with Crippen molar-refractivity contribution in [2.24, 2.45) is 0 Å². The van der Waals surface area contributed by atoms with E-state index in [-0.39, 0.29) is 5.78 Å². The van der Waals surface area contributed by atoms with Gasteiger partial charge >= 0.3 is 0 Å². The summed E-state index contributed by atoms with van der Waals surface area (Å²) in [4.78, 5) is 12.6. The maximum Gasteiger partial charge on any atom is 0.196 e. The predicted octanol–water partition coefficient (Wildman–Crippen LogP) is 4.48. The third-order valence-electron chi connectivity index (χ3n) is 4.10. The second-order valence-electron chi connectivity index (χ2n) is 6.23. The summed E-state index contributed by atoms with van der Waals surface area (Å²) in [5, 5.41) is 9.15. The minimum Gasteiger partial charge on any atom is -0.293 e. The lowest BCUT2D eigenvalue weighted by molar-refractivity contribution is 0.102. The van der Waals surface area contributed by atoms with E-state index in [4.69, 9.17) is 0 Å². The molecule has 0 saturated heterocycles. The van der Waals surface area contributed by atoms with E-state index >= 15 is 0 Å². The molecule has 3 rings (SSSR count). The molecule has 0 aliphatic heterocycles. The zero-order valence-corrected chi connectivity index (χ0v) is 15.7. The molecule has 3 aromatic rings. The molecule has 0 unspecified atom stereocenters. The number of carbonyl (C=O) groups is 1. The zero-order valence-electron chi connectivity index (χ0n) is 14.9. The molecule has 0 N–H and O–H groups in total. The summed E-state index contributed by atoms with van der Waals surface area (Å²) in [6, 6.07) is 14.1. The number of aromatic nitrogens is 3. The first-order valence-electron chi connectivity index (χ1n) is 8.18. The maximum atomic E-state index is 12.6. The van der Waals surface area contributed by atoms with Crippen LogP contribution in [-0.2, 0) is 0 Å². The number of carbonyl (C=O) groups excluding carboxylic acids is 1. The van der Waals surface area contributed by atoms with Crippen LogP contribution in [0, 0.1) is 27.7 Å². The fourth-order valence-electron chi connectivity index (χ4n) is 2.76. The number of benzene rings is 2. The summed E-state index contributed by atoms with van der Waals surface area (Å²) in [6.45, 7) is 7.98. The molecule has 1 aromatic heterocycles. The van der Waals surface area contributed by atoms with Crippen molar-refractivity contribution in [3.8, 4) is 5.69 Å². The van der Waals surface area contributed by atoms with Gasteiger partial charge in [-0.2, -0.15) is 0 Å². The van der Waals surface area contributed by atoms with Gasteiger partial charge in [-0.1, -0.05) is 53.2 Å². The first kappa shape index (κ1) is 17.4. The van der Waals surface area contributed by atoms with Gasteiger partial charge in [0.2, 0.25) is 0 Å². The molecule has 0 bridgehead atoms. The monoisotopic (exact) mass is 351 g/mol. The fraction of sp³-hybridized carbons (Fsp3) is 0.250. The van der Waals surface area contributed by atoms with Gasteiger partial charge in [0.25, 0.3) is 0 Å². The Bertz CT molecular complexity index is 913. The Balaban J connectivity index is 1.80. The van der Waals surface area contributed by atoms with E-state index in [0.29, 0.717) is 5.75 Å². The zero-order chi connectivity index (χ0) is 18.0. The van der Waals surface area contributed by atoms with E-state index in [0.717, 1.165) is 33.4 Å². The molecule has 1 heterocycles. The van der Waals surface area contributed by atoms with Crippen molar-refractivity contribution in [1.82, 2.24) is 14.8 Å². The third-order valence-corrected chi connectivity index (χ3v) is 5.03. The minimum atomic E-state index is 0.110. The van der Waals surface area contributed by atoms with Crippen LogP contribution in [-0.4, -0.2) is 26.3 Å². The number of hydrogen-bond acceptors (Lipinski definition) is 4. The molecule has 4 nitrogen and oxygen atoms in total. The predicted molar refractivity (Wildman–Crippen MR) is 102 cm³/mol. The number of thioether (sulfide) groups is 1. The number of rotatable bonds is 5. The fourth-order valence-corrected chi connectivity index (χ4v) is 3.64. The highest BCUT2D eigenvalue weighted by molar-refractivity contribution is 7.99. The second kappa shape index (κ2) is 7.23. The molecular formula is C20H21N3OS. The molecule has 0 aliphatic rings. The largest absolute Gasteiger partial charge is 0.293 e. The molecule has 0 amide bonds. The SMILES string of the molecule is Cc1ccc(-n2c(C)nnc2SCC(=O)c2ccc(C)cc2C)cc1. The average Bonchev–Trinajstić information content (AvgIpc) is 2.94. The highest BCUT2D eigenvalue weighted by Gasteiger charge is 2.15. The van der Waals surface area contributed by atoms with Gasteiger partial charge < -0.3 is 0 Å². The Labute approximate surface area is 152 Å². The standard InChI is InChI=1S/C20H21N3OS/c1-13-5-8-17(9-6-13)23-16(4)21-22-20(23)25-12-19(24)18-10-7-14(2)11-15(18)3/h5-11H,12H2,1-4H3. The molecule has 0 atom stereocenters. The highest BCUT2D eigenvalue weighted by Crippen LogP contribution is 2.23. The van der Waals surface area contributed by atoms with E-state index < -0.39 is 0 Å². The lowest BCUT2D eigenvalue weighted by Crippen LogP contribution is -2.06. The Morgan fingerprint density at radius 1 is 0.960 bits per heavy atom. The van der Waals surface area contributed by atoms with Gasteiger partial charge in [0.15, 0.2) is 10.9 Å². The molecular weight excluding hydrogens is 330 g/mol. The number of aryl methyl sites for hydroxylation is 4. The number of Topliss-reactive ketones (excluding diaryl/α,β-unsaturated/α-hetero) is 1. The molecule has 0 aliphatic carbocycles. The summed E-state index contributed by atoms with van der Waals surface area (Å²) in [7, 11) is 0. The second-order valence-corrected chi connectivity index (χ2v) is 7.17. The Hall–Kier alpha value is -2.40.